The maximum atomic E-state index is 13.7. The highest BCUT2D eigenvalue weighted by Crippen LogP contribution is 2.19. The van der Waals surface area contributed by atoms with Crippen molar-refractivity contribution in [1.29, 1.82) is 5.26 Å². The normalized spacial score (nSPS) is 10.0. The minimum absolute atomic E-state index is 0.00262. The van der Waals surface area contributed by atoms with Crippen LogP contribution in [-0.2, 0) is 6.54 Å². The highest BCUT2D eigenvalue weighted by molar-refractivity contribution is 5.47. The molecule has 0 heterocycles. The molecular weight excluding hydrogens is 274 g/mol. The van der Waals surface area contributed by atoms with Crippen LogP contribution in [0.4, 0.5) is 14.5 Å². The van der Waals surface area contributed by atoms with Crippen molar-refractivity contribution in [2.24, 2.45) is 0 Å². The molecule has 2 rings (SSSR count). The molecule has 108 valence electrons. The van der Waals surface area contributed by atoms with E-state index < -0.39 is 11.6 Å². The Kier molecular flexibility index (Phi) is 4.72. The summed E-state index contributed by atoms with van der Waals surface area (Å²) in [7, 11) is 0. The van der Waals surface area contributed by atoms with E-state index in [0.29, 0.717) is 6.61 Å². The molecule has 0 saturated carbocycles. The second kappa shape index (κ2) is 6.71. The lowest BCUT2D eigenvalue weighted by Crippen LogP contribution is -2.05. The number of nitriles is 1. The summed E-state index contributed by atoms with van der Waals surface area (Å²) in [5.74, 6) is -0.728. The van der Waals surface area contributed by atoms with Crippen LogP contribution in [0, 0.1) is 23.0 Å². The Hall–Kier alpha value is -2.61. The summed E-state index contributed by atoms with van der Waals surface area (Å²) in [5.41, 5.74) is 0.597. The second-order valence-electron chi connectivity index (χ2n) is 4.34. The zero-order valence-electron chi connectivity index (χ0n) is 11.5. The van der Waals surface area contributed by atoms with Crippen molar-refractivity contribution in [1.82, 2.24) is 0 Å². The first kappa shape index (κ1) is 14.8. The largest absolute Gasteiger partial charge is 0.494 e. The van der Waals surface area contributed by atoms with Crippen molar-refractivity contribution < 1.29 is 13.5 Å². The minimum atomic E-state index is -0.731. The van der Waals surface area contributed by atoms with E-state index in [4.69, 9.17) is 10.00 Å². The molecule has 2 aromatic rings. The van der Waals surface area contributed by atoms with Crippen LogP contribution in [-0.4, -0.2) is 6.61 Å². The standard InChI is InChI=1S/C16H14F2N2O/c1-2-21-13-5-3-12(4-6-13)20-10-14-15(17)7-11(9-19)8-16(14)18/h3-8,20H,2,10H2,1H3. The highest BCUT2D eigenvalue weighted by atomic mass is 19.1. The van der Waals surface area contributed by atoms with Gasteiger partial charge in [-0.15, -0.1) is 0 Å². The monoisotopic (exact) mass is 288 g/mol. The lowest BCUT2D eigenvalue weighted by Gasteiger charge is -2.10. The Labute approximate surface area is 121 Å². The Morgan fingerprint density at radius 1 is 1.14 bits per heavy atom. The second-order valence-corrected chi connectivity index (χ2v) is 4.34. The van der Waals surface area contributed by atoms with Crippen molar-refractivity contribution in [3.63, 3.8) is 0 Å². The topological polar surface area (TPSA) is 45.0 Å². The van der Waals surface area contributed by atoms with Gasteiger partial charge in [-0.25, -0.2) is 8.78 Å². The third-order valence-electron chi connectivity index (χ3n) is 2.90. The lowest BCUT2D eigenvalue weighted by molar-refractivity contribution is 0.340. The van der Waals surface area contributed by atoms with Crippen LogP contribution >= 0.6 is 0 Å². The fraction of sp³-hybridized carbons (Fsp3) is 0.188. The Morgan fingerprint density at radius 2 is 1.76 bits per heavy atom. The zero-order valence-corrected chi connectivity index (χ0v) is 11.5. The van der Waals surface area contributed by atoms with Gasteiger partial charge in [-0.1, -0.05) is 0 Å². The predicted molar refractivity (Wildman–Crippen MR) is 76.0 cm³/mol. The van der Waals surface area contributed by atoms with Crippen LogP contribution in [0.5, 0.6) is 5.75 Å². The Morgan fingerprint density at radius 3 is 2.29 bits per heavy atom. The van der Waals surface area contributed by atoms with E-state index in [1.807, 2.05) is 6.92 Å². The minimum Gasteiger partial charge on any atom is -0.494 e. The first-order valence-electron chi connectivity index (χ1n) is 6.48. The number of benzene rings is 2. The Balaban J connectivity index is 2.08. The van der Waals surface area contributed by atoms with Crippen molar-refractivity contribution in [2.75, 3.05) is 11.9 Å². The van der Waals surface area contributed by atoms with Crippen LogP contribution in [0.2, 0.25) is 0 Å². The van der Waals surface area contributed by atoms with Gasteiger partial charge in [0.25, 0.3) is 0 Å². The number of nitrogens with one attached hydrogen (secondary N) is 1. The van der Waals surface area contributed by atoms with Crippen LogP contribution in [0.15, 0.2) is 36.4 Å². The SMILES string of the molecule is CCOc1ccc(NCc2c(F)cc(C#N)cc2F)cc1. The van der Waals surface area contributed by atoms with Gasteiger partial charge in [0.05, 0.1) is 18.2 Å². The summed E-state index contributed by atoms with van der Waals surface area (Å²) in [6.07, 6.45) is 0. The molecule has 0 spiro atoms. The molecule has 0 aliphatic heterocycles. The number of halogens is 2. The van der Waals surface area contributed by atoms with Gasteiger partial charge in [0.1, 0.15) is 17.4 Å². The van der Waals surface area contributed by atoms with Crippen LogP contribution < -0.4 is 10.1 Å². The average Bonchev–Trinajstić information content (AvgIpc) is 2.48. The number of ether oxygens (including phenoxy) is 1. The molecule has 0 aromatic heterocycles. The molecule has 3 nitrogen and oxygen atoms in total. The van der Waals surface area contributed by atoms with E-state index in [2.05, 4.69) is 5.32 Å². The molecule has 1 N–H and O–H groups in total. The van der Waals surface area contributed by atoms with Gasteiger partial charge in [0.15, 0.2) is 0 Å². The van der Waals surface area contributed by atoms with Crippen molar-refractivity contribution >= 4 is 5.69 Å². The van der Waals surface area contributed by atoms with Crippen LogP contribution in [0.25, 0.3) is 0 Å². The van der Waals surface area contributed by atoms with Gasteiger partial charge in [0, 0.05) is 17.8 Å². The first-order chi connectivity index (χ1) is 10.1. The maximum Gasteiger partial charge on any atom is 0.132 e. The maximum absolute atomic E-state index is 13.7. The van der Waals surface area contributed by atoms with Gasteiger partial charge in [-0.3, -0.25) is 0 Å². The summed E-state index contributed by atoms with van der Waals surface area (Å²) in [6, 6.07) is 10.9. The van der Waals surface area contributed by atoms with E-state index in [-0.39, 0.29) is 17.7 Å². The number of nitrogens with zero attached hydrogens (tertiary/aromatic N) is 1. The summed E-state index contributed by atoms with van der Waals surface area (Å²) in [5, 5.41) is 11.6. The Bertz CT molecular complexity index is 640. The van der Waals surface area contributed by atoms with Crippen LogP contribution in [0.3, 0.4) is 0 Å². The number of hydrogen-bond donors (Lipinski definition) is 1. The fourth-order valence-electron chi connectivity index (χ4n) is 1.86. The molecular formula is C16H14F2N2O. The quantitative estimate of drug-likeness (QED) is 0.909. The summed E-state index contributed by atoms with van der Waals surface area (Å²) in [4.78, 5) is 0. The summed E-state index contributed by atoms with van der Waals surface area (Å²) >= 11 is 0. The molecule has 0 aliphatic carbocycles. The molecule has 21 heavy (non-hydrogen) atoms. The summed E-state index contributed by atoms with van der Waals surface area (Å²) < 4.78 is 32.7. The van der Waals surface area contributed by atoms with Crippen molar-refractivity contribution in [3.8, 4) is 11.8 Å². The first-order valence-corrected chi connectivity index (χ1v) is 6.48. The molecule has 0 atom stereocenters. The van der Waals surface area contributed by atoms with Crippen LogP contribution in [0.1, 0.15) is 18.1 Å². The molecule has 0 saturated heterocycles. The molecule has 0 radical (unpaired) electrons. The van der Waals surface area contributed by atoms with Gasteiger partial charge >= 0.3 is 0 Å². The molecule has 0 aliphatic rings. The van der Waals surface area contributed by atoms with Crippen molar-refractivity contribution in [3.05, 3.63) is 59.2 Å². The highest BCUT2D eigenvalue weighted by Gasteiger charge is 2.11. The lowest BCUT2D eigenvalue weighted by atomic mass is 10.1. The number of anilines is 1. The third kappa shape index (κ3) is 3.69. The van der Waals surface area contributed by atoms with E-state index in [1.54, 1.807) is 30.3 Å². The van der Waals surface area contributed by atoms with Crippen molar-refractivity contribution in [2.45, 2.75) is 13.5 Å². The van der Waals surface area contributed by atoms with E-state index in [9.17, 15) is 8.78 Å². The molecule has 0 unspecified atom stereocenters. The van der Waals surface area contributed by atoms with E-state index in [1.165, 1.54) is 0 Å². The average molecular weight is 288 g/mol. The third-order valence-corrected chi connectivity index (χ3v) is 2.90. The van der Waals surface area contributed by atoms with E-state index >= 15 is 0 Å². The smallest absolute Gasteiger partial charge is 0.132 e. The zero-order chi connectivity index (χ0) is 15.2. The molecule has 2 aromatic carbocycles. The number of hydrogen-bond acceptors (Lipinski definition) is 3. The molecule has 0 bridgehead atoms. The fourth-order valence-corrected chi connectivity index (χ4v) is 1.86. The van der Waals surface area contributed by atoms with E-state index in [0.717, 1.165) is 23.6 Å². The van der Waals surface area contributed by atoms with Gasteiger partial charge in [-0.05, 0) is 43.3 Å². The number of rotatable bonds is 5. The molecule has 0 fully saturated rings. The van der Waals surface area contributed by atoms with Gasteiger partial charge in [-0.2, -0.15) is 5.26 Å². The van der Waals surface area contributed by atoms with Gasteiger partial charge < -0.3 is 10.1 Å². The molecule has 0 amide bonds. The predicted octanol–water partition coefficient (Wildman–Crippen LogP) is 3.85. The summed E-state index contributed by atoms with van der Waals surface area (Å²) in [6.45, 7) is 2.47. The van der Waals surface area contributed by atoms with Gasteiger partial charge in [0.2, 0.25) is 0 Å². The molecule has 5 heteroatoms.